The topological polar surface area (TPSA) is 59.4 Å². The van der Waals surface area contributed by atoms with Crippen molar-refractivity contribution in [2.75, 3.05) is 19.6 Å². The zero-order chi connectivity index (χ0) is 18.1. The molecule has 2 heterocycles. The van der Waals surface area contributed by atoms with Crippen molar-refractivity contribution in [3.63, 3.8) is 0 Å². The fraction of sp³-hybridized carbons (Fsp3) is 0.778. The molecule has 0 unspecified atom stereocenters. The Morgan fingerprint density at radius 3 is 2.33 bits per heavy atom. The molecule has 6 heteroatoms. The molecule has 1 N–H and O–H groups in total. The largest absolute Gasteiger partial charge is 0.366 e. The van der Waals surface area contributed by atoms with E-state index in [0.29, 0.717) is 25.6 Å². The molecule has 6 nitrogen and oxygen atoms in total. The summed E-state index contributed by atoms with van der Waals surface area (Å²) in [6, 6.07) is 2.00. The number of nitrogens with zero attached hydrogens (tertiary/aromatic N) is 3. The average Bonchev–Trinajstić information content (AvgIpc) is 2.81. The van der Waals surface area contributed by atoms with E-state index in [2.05, 4.69) is 24.3 Å². The summed E-state index contributed by atoms with van der Waals surface area (Å²) in [7, 11) is 1.94. The van der Waals surface area contributed by atoms with Crippen LogP contribution in [0, 0.1) is 5.92 Å². The molecule has 0 bridgehead atoms. The Hall–Kier alpha value is -1.56. The number of amides is 2. The van der Waals surface area contributed by atoms with Crippen molar-refractivity contribution in [1.29, 1.82) is 0 Å². The highest BCUT2D eigenvalue weighted by Gasteiger charge is 2.40. The first-order chi connectivity index (χ1) is 11.0. The van der Waals surface area contributed by atoms with Crippen molar-refractivity contribution < 1.29 is 9.53 Å². The summed E-state index contributed by atoms with van der Waals surface area (Å²) in [6.07, 6.45) is 1.81. The molecule has 24 heavy (non-hydrogen) atoms. The maximum absolute atomic E-state index is 12.7. The van der Waals surface area contributed by atoms with E-state index in [9.17, 15) is 4.79 Å². The molecule has 1 aliphatic heterocycles. The van der Waals surface area contributed by atoms with Crippen molar-refractivity contribution in [3.05, 3.63) is 18.0 Å². The summed E-state index contributed by atoms with van der Waals surface area (Å²) in [5, 5.41) is 7.37. The summed E-state index contributed by atoms with van der Waals surface area (Å²) >= 11 is 0. The van der Waals surface area contributed by atoms with Gasteiger partial charge < -0.3 is 15.0 Å². The molecular formula is C18H32N4O2. The third-order valence-corrected chi connectivity index (χ3v) is 4.50. The molecule has 1 atom stereocenters. The smallest absolute Gasteiger partial charge is 0.317 e. The molecule has 0 radical (unpaired) electrons. The number of aryl methyl sites for hydroxylation is 1. The minimum Gasteiger partial charge on any atom is -0.366 e. The van der Waals surface area contributed by atoms with Crippen molar-refractivity contribution in [3.8, 4) is 0 Å². The lowest BCUT2D eigenvalue weighted by Gasteiger charge is -2.47. The van der Waals surface area contributed by atoms with Crippen molar-refractivity contribution in [2.24, 2.45) is 13.0 Å². The van der Waals surface area contributed by atoms with E-state index in [4.69, 9.17) is 4.74 Å². The number of carbonyl (C=O) groups excluding carboxylic acids is 1. The van der Waals surface area contributed by atoms with Crippen LogP contribution in [0.15, 0.2) is 12.3 Å². The fourth-order valence-electron chi connectivity index (χ4n) is 3.67. The number of urea groups is 1. The minimum atomic E-state index is -0.335. The van der Waals surface area contributed by atoms with Crippen LogP contribution >= 0.6 is 0 Å². The molecule has 1 saturated heterocycles. The van der Waals surface area contributed by atoms with E-state index in [1.54, 1.807) is 6.20 Å². The number of carbonyl (C=O) groups is 1. The zero-order valence-electron chi connectivity index (χ0n) is 16.1. The molecule has 0 aliphatic carbocycles. The predicted octanol–water partition coefficient (Wildman–Crippen LogP) is 2.76. The van der Waals surface area contributed by atoms with Crippen LogP contribution < -0.4 is 5.32 Å². The van der Waals surface area contributed by atoms with E-state index < -0.39 is 0 Å². The van der Waals surface area contributed by atoms with Crippen molar-refractivity contribution >= 4 is 6.03 Å². The van der Waals surface area contributed by atoms with Crippen LogP contribution in [0.3, 0.4) is 0 Å². The molecule has 0 saturated carbocycles. The van der Waals surface area contributed by atoms with Crippen molar-refractivity contribution in [2.45, 2.75) is 58.7 Å². The zero-order valence-corrected chi connectivity index (χ0v) is 16.1. The standard InChI is InChI=1S/C18H32N4O2/c1-13(2)14(15-8-9-20-21(15)7)10-19-16(23)22-11-17(3,4)24-18(5,6)12-22/h8-9,13-14H,10-12H2,1-7H3,(H,19,23)/t14-/m1/s1. The van der Waals surface area contributed by atoms with Crippen LogP contribution in [0.4, 0.5) is 4.79 Å². The highest BCUT2D eigenvalue weighted by Crippen LogP contribution is 2.28. The minimum absolute atomic E-state index is 0.0210. The van der Waals surface area contributed by atoms with Gasteiger partial charge in [0.05, 0.1) is 24.3 Å². The first-order valence-electron chi connectivity index (χ1n) is 8.72. The van der Waals surface area contributed by atoms with E-state index >= 15 is 0 Å². The molecule has 1 aromatic heterocycles. The summed E-state index contributed by atoms with van der Waals surface area (Å²) in [5.74, 6) is 0.654. The maximum atomic E-state index is 12.7. The first kappa shape index (κ1) is 18.8. The molecule has 2 amide bonds. The second-order valence-electron chi connectivity index (χ2n) is 8.39. The highest BCUT2D eigenvalue weighted by atomic mass is 16.5. The molecule has 1 aromatic rings. The number of nitrogens with one attached hydrogen (secondary N) is 1. The van der Waals surface area contributed by atoms with Gasteiger partial charge in [0.1, 0.15) is 0 Å². The predicted molar refractivity (Wildman–Crippen MR) is 95.0 cm³/mol. The molecule has 136 valence electrons. The Morgan fingerprint density at radius 1 is 1.29 bits per heavy atom. The quantitative estimate of drug-likeness (QED) is 0.920. The lowest BCUT2D eigenvalue weighted by atomic mass is 9.92. The molecule has 1 fully saturated rings. The molecule has 2 rings (SSSR count). The van der Waals surface area contributed by atoms with Gasteiger partial charge >= 0.3 is 6.03 Å². The van der Waals surface area contributed by atoms with Gasteiger partial charge in [-0.25, -0.2) is 4.79 Å². The fourth-order valence-corrected chi connectivity index (χ4v) is 3.67. The number of morpholine rings is 1. The third kappa shape index (κ3) is 4.50. The van der Waals surface area contributed by atoms with E-state index in [1.165, 1.54) is 0 Å². The normalized spacial score (nSPS) is 20.9. The molecular weight excluding hydrogens is 304 g/mol. The second kappa shape index (κ2) is 6.75. The monoisotopic (exact) mass is 336 g/mol. The van der Waals surface area contributed by atoms with Gasteiger partial charge in [0, 0.05) is 31.4 Å². The van der Waals surface area contributed by atoms with E-state index in [-0.39, 0.29) is 23.2 Å². The third-order valence-electron chi connectivity index (χ3n) is 4.50. The van der Waals surface area contributed by atoms with Crippen molar-refractivity contribution in [1.82, 2.24) is 20.0 Å². The number of hydrogen-bond acceptors (Lipinski definition) is 3. The van der Waals surface area contributed by atoms with Gasteiger partial charge in [-0.15, -0.1) is 0 Å². The Morgan fingerprint density at radius 2 is 1.88 bits per heavy atom. The van der Waals surface area contributed by atoms with Gasteiger partial charge in [0.25, 0.3) is 0 Å². The molecule has 0 aromatic carbocycles. The van der Waals surface area contributed by atoms with Gasteiger partial charge in [0.2, 0.25) is 0 Å². The Balaban J connectivity index is 2.02. The van der Waals surface area contributed by atoms with Gasteiger partial charge in [-0.3, -0.25) is 4.68 Å². The lowest BCUT2D eigenvalue weighted by Crippen LogP contribution is -2.60. The Kier molecular flexibility index (Phi) is 5.28. The average molecular weight is 336 g/mol. The number of hydrogen-bond donors (Lipinski definition) is 1. The molecule has 0 spiro atoms. The Bertz CT molecular complexity index is 561. The van der Waals surface area contributed by atoms with Crippen LogP contribution in [-0.4, -0.2) is 51.5 Å². The summed E-state index contributed by atoms with van der Waals surface area (Å²) in [5.41, 5.74) is 0.477. The first-order valence-corrected chi connectivity index (χ1v) is 8.72. The van der Waals surface area contributed by atoms with Crippen LogP contribution in [-0.2, 0) is 11.8 Å². The summed E-state index contributed by atoms with van der Waals surface area (Å²) < 4.78 is 7.93. The summed E-state index contributed by atoms with van der Waals surface area (Å²) in [6.45, 7) is 14.3. The Labute approximate surface area is 145 Å². The SMILES string of the molecule is CC(C)[C@@H](CNC(=O)N1CC(C)(C)OC(C)(C)C1)c1ccnn1C. The van der Waals surface area contributed by atoms with Gasteiger partial charge in [-0.1, -0.05) is 13.8 Å². The van der Waals surface area contributed by atoms with Crippen LogP contribution in [0.2, 0.25) is 0 Å². The van der Waals surface area contributed by atoms with Gasteiger partial charge in [0.15, 0.2) is 0 Å². The summed E-state index contributed by atoms with van der Waals surface area (Å²) in [4.78, 5) is 14.6. The number of ether oxygens (including phenoxy) is 1. The number of aromatic nitrogens is 2. The molecule has 1 aliphatic rings. The lowest BCUT2D eigenvalue weighted by molar-refractivity contribution is -0.170. The second-order valence-corrected chi connectivity index (χ2v) is 8.39. The highest BCUT2D eigenvalue weighted by molar-refractivity contribution is 5.74. The van der Waals surface area contributed by atoms with Gasteiger partial charge in [-0.2, -0.15) is 5.10 Å². The van der Waals surface area contributed by atoms with E-state index in [0.717, 1.165) is 5.69 Å². The van der Waals surface area contributed by atoms with Crippen LogP contribution in [0.1, 0.15) is 53.2 Å². The maximum Gasteiger partial charge on any atom is 0.317 e. The van der Waals surface area contributed by atoms with Gasteiger partial charge in [-0.05, 0) is 39.7 Å². The van der Waals surface area contributed by atoms with Crippen LogP contribution in [0.5, 0.6) is 0 Å². The van der Waals surface area contributed by atoms with Crippen LogP contribution in [0.25, 0.3) is 0 Å². The number of rotatable bonds is 4. The van der Waals surface area contributed by atoms with E-state index in [1.807, 2.05) is 50.4 Å².